The number of pyridine rings is 1. The molecule has 0 spiro atoms. The van der Waals surface area contributed by atoms with Crippen molar-refractivity contribution in [3.8, 4) is 11.3 Å². The summed E-state index contributed by atoms with van der Waals surface area (Å²) in [5.74, 6) is 0. The molecule has 51 heavy (non-hydrogen) atoms. The Morgan fingerprint density at radius 1 is 0.353 bits per heavy atom. The molecule has 3 heterocycles. The van der Waals surface area contributed by atoms with Crippen molar-refractivity contribution in [3.63, 3.8) is 0 Å². The first kappa shape index (κ1) is 28.0. The molecular formula is C47H28N2O2. The molecule has 0 aliphatic heterocycles. The van der Waals surface area contributed by atoms with Crippen LogP contribution in [0.3, 0.4) is 0 Å². The second-order valence-electron chi connectivity index (χ2n) is 13.3. The van der Waals surface area contributed by atoms with Gasteiger partial charge in [0.05, 0.1) is 5.69 Å². The van der Waals surface area contributed by atoms with E-state index in [-0.39, 0.29) is 0 Å². The molecule has 8 aromatic carbocycles. The van der Waals surface area contributed by atoms with Crippen molar-refractivity contribution < 1.29 is 8.83 Å². The molecule has 4 nitrogen and oxygen atoms in total. The minimum atomic E-state index is 0.902. The number of hydrogen-bond donors (Lipinski definition) is 0. The van der Waals surface area contributed by atoms with Crippen molar-refractivity contribution in [2.75, 3.05) is 4.90 Å². The molecule has 0 amide bonds. The monoisotopic (exact) mass is 652 g/mol. The Kier molecular flexibility index (Phi) is 5.92. The van der Waals surface area contributed by atoms with Crippen molar-refractivity contribution in [2.24, 2.45) is 0 Å². The lowest BCUT2D eigenvalue weighted by Crippen LogP contribution is -2.10. The van der Waals surface area contributed by atoms with Crippen LogP contribution in [0.5, 0.6) is 0 Å². The molecule has 11 aromatic rings. The van der Waals surface area contributed by atoms with Crippen LogP contribution in [0.4, 0.5) is 17.1 Å². The van der Waals surface area contributed by atoms with Gasteiger partial charge in [-0.1, -0.05) is 84.9 Å². The Bertz CT molecular complexity index is 3000. The Balaban J connectivity index is 1.08. The fraction of sp³-hybridized carbons (Fsp3) is 0. The van der Waals surface area contributed by atoms with Gasteiger partial charge in [-0.05, 0) is 106 Å². The van der Waals surface area contributed by atoms with Crippen LogP contribution in [0.1, 0.15) is 0 Å². The highest BCUT2D eigenvalue weighted by atomic mass is 16.3. The minimum absolute atomic E-state index is 0.902. The average Bonchev–Trinajstić information content (AvgIpc) is 3.73. The third-order valence-electron chi connectivity index (χ3n) is 10.2. The van der Waals surface area contributed by atoms with Crippen LogP contribution in [0.25, 0.3) is 87.5 Å². The molecule has 0 fully saturated rings. The van der Waals surface area contributed by atoms with Crippen molar-refractivity contribution in [1.82, 2.24) is 4.98 Å². The summed E-state index contributed by atoms with van der Waals surface area (Å²) >= 11 is 0. The quantitative estimate of drug-likeness (QED) is 0.190. The van der Waals surface area contributed by atoms with E-state index in [9.17, 15) is 0 Å². The maximum atomic E-state index is 6.22. The highest BCUT2D eigenvalue weighted by molar-refractivity contribution is 6.12. The lowest BCUT2D eigenvalue weighted by atomic mass is 10.0. The summed E-state index contributed by atoms with van der Waals surface area (Å²) in [6, 6.07) is 57.9. The molecule has 3 aromatic heterocycles. The second-order valence-corrected chi connectivity index (χ2v) is 13.3. The van der Waals surface area contributed by atoms with Gasteiger partial charge in [-0.3, -0.25) is 4.98 Å². The normalized spacial score (nSPS) is 11.9. The molecular weight excluding hydrogens is 625 g/mol. The first-order chi connectivity index (χ1) is 25.2. The van der Waals surface area contributed by atoms with Gasteiger partial charge in [0.15, 0.2) is 0 Å². The number of rotatable bonds is 4. The summed E-state index contributed by atoms with van der Waals surface area (Å²) < 4.78 is 12.4. The Labute approximate surface area is 292 Å². The molecule has 4 heteroatoms. The Hall–Kier alpha value is -6.91. The highest BCUT2D eigenvalue weighted by Crippen LogP contribution is 2.41. The highest BCUT2D eigenvalue weighted by Gasteiger charge is 2.17. The van der Waals surface area contributed by atoms with Crippen LogP contribution in [-0.2, 0) is 0 Å². The van der Waals surface area contributed by atoms with E-state index in [4.69, 9.17) is 13.8 Å². The molecule has 0 aliphatic carbocycles. The zero-order chi connectivity index (χ0) is 33.5. The van der Waals surface area contributed by atoms with Gasteiger partial charge in [-0.25, -0.2) is 0 Å². The number of furan rings is 2. The van der Waals surface area contributed by atoms with E-state index in [1.165, 1.54) is 5.39 Å². The molecule has 0 saturated carbocycles. The molecule has 0 N–H and O–H groups in total. The second kappa shape index (κ2) is 10.8. The standard InChI is InChI=1S/C47H28N2O2/c1-2-8-33-28-48-43(25-30(33)7-1)29-13-17-36(18-14-29)49(37-19-15-31-26-46-41(23-34(31)21-37)39-9-3-5-11-44(39)50-46)38-20-16-32-27-47-42(24-35(32)22-38)40-10-4-6-12-45(40)51-47/h1-28H. The molecule has 238 valence electrons. The van der Waals surface area contributed by atoms with Crippen molar-refractivity contribution >= 4 is 93.3 Å². The lowest BCUT2D eigenvalue weighted by Gasteiger charge is -2.26. The summed E-state index contributed by atoms with van der Waals surface area (Å²) in [6.45, 7) is 0. The summed E-state index contributed by atoms with van der Waals surface area (Å²) in [5, 5.41) is 11.4. The van der Waals surface area contributed by atoms with Gasteiger partial charge in [-0.2, -0.15) is 0 Å². The van der Waals surface area contributed by atoms with Gasteiger partial charge >= 0.3 is 0 Å². The number of para-hydroxylation sites is 2. The van der Waals surface area contributed by atoms with E-state index in [2.05, 4.69) is 138 Å². The summed E-state index contributed by atoms with van der Waals surface area (Å²) in [7, 11) is 0. The summed E-state index contributed by atoms with van der Waals surface area (Å²) in [5.41, 5.74) is 8.84. The first-order valence-electron chi connectivity index (χ1n) is 17.2. The molecule has 11 rings (SSSR count). The molecule has 0 radical (unpaired) electrons. The van der Waals surface area contributed by atoms with Crippen molar-refractivity contribution in [3.05, 3.63) is 170 Å². The van der Waals surface area contributed by atoms with Crippen LogP contribution in [0, 0.1) is 0 Å². The van der Waals surface area contributed by atoms with E-state index < -0.39 is 0 Å². The first-order valence-corrected chi connectivity index (χ1v) is 17.2. The van der Waals surface area contributed by atoms with Crippen LogP contribution in [0.2, 0.25) is 0 Å². The molecule has 0 atom stereocenters. The number of nitrogens with zero attached hydrogens (tertiary/aromatic N) is 2. The van der Waals surface area contributed by atoms with E-state index in [0.29, 0.717) is 0 Å². The fourth-order valence-electron chi connectivity index (χ4n) is 7.66. The van der Waals surface area contributed by atoms with Crippen LogP contribution in [0.15, 0.2) is 179 Å². The fourth-order valence-corrected chi connectivity index (χ4v) is 7.66. The van der Waals surface area contributed by atoms with Crippen molar-refractivity contribution in [1.29, 1.82) is 0 Å². The molecule has 0 unspecified atom stereocenters. The maximum Gasteiger partial charge on any atom is 0.136 e. The Morgan fingerprint density at radius 3 is 1.47 bits per heavy atom. The number of aromatic nitrogens is 1. The lowest BCUT2D eigenvalue weighted by molar-refractivity contribution is 0.669. The van der Waals surface area contributed by atoms with Gasteiger partial charge in [0.1, 0.15) is 22.3 Å². The summed E-state index contributed by atoms with van der Waals surface area (Å²) in [4.78, 5) is 7.13. The third kappa shape index (κ3) is 4.50. The number of anilines is 3. The number of fused-ring (bicyclic) bond motifs is 9. The predicted molar refractivity (Wildman–Crippen MR) is 211 cm³/mol. The largest absolute Gasteiger partial charge is 0.456 e. The van der Waals surface area contributed by atoms with Gasteiger partial charge < -0.3 is 13.7 Å². The maximum absolute atomic E-state index is 6.22. The SMILES string of the molecule is c1ccc2cc(-c3ccc(N(c4ccc5cc6oc7ccccc7c6cc5c4)c4ccc5cc6oc7ccccc7c6cc5c4)cc3)ncc2c1. The molecule has 0 bridgehead atoms. The van der Waals surface area contributed by atoms with Gasteiger partial charge in [0.25, 0.3) is 0 Å². The number of benzene rings is 8. The van der Waals surface area contributed by atoms with E-state index in [1.54, 1.807) is 0 Å². The average molecular weight is 653 g/mol. The van der Waals surface area contributed by atoms with Crippen molar-refractivity contribution in [2.45, 2.75) is 0 Å². The smallest absolute Gasteiger partial charge is 0.136 e. The zero-order valence-electron chi connectivity index (χ0n) is 27.4. The predicted octanol–water partition coefficient (Wildman–Crippen LogP) is 13.5. The minimum Gasteiger partial charge on any atom is -0.456 e. The van der Waals surface area contributed by atoms with E-state index >= 15 is 0 Å². The molecule has 0 aliphatic rings. The molecule has 0 saturated heterocycles. The summed E-state index contributed by atoms with van der Waals surface area (Å²) in [6.07, 6.45) is 1.95. The zero-order valence-corrected chi connectivity index (χ0v) is 27.4. The van der Waals surface area contributed by atoms with Crippen LogP contribution in [-0.4, -0.2) is 4.98 Å². The van der Waals surface area contributed by atoms with Crippen LogP contribution >= 0.6 is 0 Å². The van der Waals surface area contributed by atoms with Gasteiger partial charge in [-0.15, -0.1) is 0 Å². The topological polar surface area (TPSA) is 42.4 Å². The third-order valence-corrected chi connectivity index (χ3v) is 10.2. The van der Waals surface area contributed by atoms with Crippen LogP contribution < -0.4 is 4.90 Å². The van der Waals surface area contributed by atoms with E-state index in [0.717, 1.165) is 99.1 Å². The van der Waals surface area contributed by atoms with E-state index in [1.807, 2.05) is 36.5 Å². The van der Waals surface area contributed by atoms with Gasteiger partial charge in [0.2, 0.25) is 0 Å². The van der Waals surface area contributed by atoms with Gasteiger partial charge in [0, 0.05) is 55.8 Å². The number of hydrogen-bond acceptors (Lipinski definition) is 4. The Morgan fingerprint density at radius 2 is 0.863 bits per heavy atom.